The molecule has 0 aromatic carbocycles. The molecule has 1 rings (SSSR count). The zero-order valence-electron chi connectivity index (χ0n) is 8.16. The maximum atomic E-state index is 11.4. The molecule has 0 aliphatic heterocycles. The predicted molar refractivity (Wildman–Crippen MR) is 48.2 cm³/mol. The van der Waals surface area contributed by atoms with Crippen molar-refractivity contribution >= 4 is 11.9 Å². The summed E-state index contributed by atoms with van der Waals surface area (Å²) in [6.45, 7) is 1.53. The largest absolute Gasteiger partial charge is 0.479 e. The minimum absolute atomic E-state index is 0.0243. The lowest BCUT2D eigenvalue weighted by Gasteiger charge is -2.13. The molecule has 2 atom stereocenters. The van der Waals surface area contributed by atoms with Crippen molar-refractivity contribution in [2.24, 2.45) is 11.8 Å². The third-order valence-corrected chi connectivity index (χ3v) is 2.57. The normalized spacial score (nSPS) is 26.1. The van der Waals surface area contributed by atoms with Crippen LogP contribution in [0, 0.1) is 11.8 Å². The quantitative estimate of drug-likeness (QED) is 0.651. The Morgan fingerprint density at radius 2 is 2.21 bits per heavy atom. The van der Waals surface area contributed by atoms with E-state index in [-0.39, 0.29) is 11.8 Å². The number of aliphatic carboxylic acids is 1. The van der Waals surface area contributed by atoms with Crippen molar-refractivity contribution in [2.75, 3.05) is 6.61 Å². The van der Waals surface area contributed by atoms with E-state index in [0.717, 1.165) is 19.3 Å². The number of carbonyl (C=O) groups excluding carboxylic acids is 1. The van der Waals surface area contributed by atoms with Crippen molar-refractivity contribution in [2.45, 2.75) is 26.2 Å². The number of hydrogen-bond donors (Lipinski definition) is 2. The lowest BCUT2D eigenvalue weighted by molar-refractivity contribution is -0.151. The van der Waals surface area contributed by atoms with E-state index >= 15 is 0 Å². The zero-order chi connectivity index (χ0) is 10.6. The maximum Gasteiger partial charge on any atom is 0.332 e. The van der Waals surface area contributed by atoms with Gasteiger partial charge in [0.05, 0.1) is 0 Å². The summed E-state index contributed by atoms with van der Waals surface area (Å²) in [6.07, 6.45) is 2.97. The minimum Gasteiger partial charge on any atom is -0.479 e. The molecule has 1 fully saturated rings. The van der Waals surface area contributed by atoms with Gasteiger partial charge in [-0.1, -0.05) is 13.3 Å². The van der Waals surface area contributed by atoms with E-state index in [0.29, 0.717) is 5.92 Å². The number of carboxylic acids is 1. The SMILES string of the molecule is CC1CCCC1C(=O)NOCC(=O)O. The first kappa shape index (κ1) is 11.0. The third kappa shape index (κ3) is 2.99. The van der Waals surface area contributed by atoms with Crippen LogP contribution in [-0.2, 0) is 14.4 Å². The fraction of sp³-hybridized carbons (Fsp3) is 0.778. The highest BCUT2D eigenvalue weighted by Gasteiger charge is 2.29. The van der Waals surface area contributed by atoms with Crippen LogP contribution in [0.1, 0.15) is 26.2 Å². The smallest absolute Gasteiger partial charge is 0.332 e. The van der Waals surface area contributed by atoms with Gasteiger partial charge < -0.3 is 5.11 Å². The molecule has 0 heterocycles. The minimum atomic E-state index is -1.09. The first-order valence-corrected chi connectivity index (χ1v) is 4.74. The number of hydroxylamine groups is 1. The summed E-state index contributed by atoms with van der Waals surface area (Å²) < 4.78 is 0. The van der Waals surface area contributed by atoms with E-state index in [9.17, 15) is 9.59 Å². The Labute approximate surface area is 82.4 Å². The van der Waals surface area contributed by atoms with Gasteiger partial charge in [0.1, 0.15) is 0 Å². The van der Waals surface area contributed by atoms with Crippen molar-refractivity contribution in [3.05, 3.63) is 0 Å². The van der Waals surface area contributed by atoms with Gasteiger partial charge in [0.2, 0.25) is 5.91 Å². The Morgan fingerprint density at radius 1 is 1.50 bits per heavy atom. The van der Waals surface area contributed by atoms with Gasteiger partial charge in [-0.15, -0.1) is 0 Å². The number of hydrogen-bond acceptors (Lipinski definition) is 3. The Bertz CT molecular complexity index is 229. The van der Waals surface area contributed by atoms with Crippen LogP contribution >= 0.6 is 0 Å². The summed E-state index contributed by atoms with van der Waals surface area (Å²) in [6, 6.07) is 0. The maximum absolute atomic E-state index is 11.4. The van der Waals surface area contributed by atoms with E-state index in [1.165, 1.54) is 0 Å². The fourth-order valence-electron chi connectivity index (χ4n) is 1.78. The summed E-state index contributed by atoms with van der Waals surface area (Å²) in [4.78, 5) is 26.0. The fourth-order valence-corrected chi connectivity index (χ4v) is 1.78. The van der Waals surface area contributed by atoms with Crippen LogP contribution in [0.4, 0.5) is 0 Å². The summed E-state index contributed by atoms with van der Waals surface area (Å²) in [5, 5.41) is 8.27. The standard InChI is InChI=1S/C9H15NO4/c1-6-3-2-4-7(6)9(13)10-14-5-8(11)12/h6-7H,2-5H2,1H3,(H,10,13)(H,11,12). The molecule has 0 radical (unpaired) electrons. The second-order valence-electron chi connectivity index (χ2n) is 3.66. The second-order valence-corrected chi connectivity index (χ2v) is 3.66. The Balaban J connectivity index is 2.24. The summed E-state index contributed by atoms with van der Waals surface area (Å²) >= 11 is 0. The molecule has 14 heavy (non-hydrogen) atoms. The monoisotopic (exact) mass is 201 g/mol. The summed E-state index contributed by atoms with van der Waals surface area (Å²) in [7, 11) is 0. The molecule has 0 aromatic heterocycles. The molecule has 1 aliphatic carbocycles. The van der Waals surface area contributed by atoms with Gasteiger partial charge in [0.15, 0.2) is 6.61 Å². The van der Waals surface area contributed by atoms with Gasteiger partial charge in [-0.2, -0.15) is 0 Å². The van der Waals surface area contributed by atoms with Crippen LogP contribution in [0.3, 0.4) is 0 Å². The van der Waals surface area contributed by atoms with Gasteiger partial charge in [-0.25, -0.2) is 10.3 Å². The van der Waals surface area contributed by atoms with Crippen molar-refractivity contribution < 1.29 is 19.5 Å². The van der Waals surface area contributed by atoms with E-state index in [2.05, 4.69) is 10.3 Å². The van der Waals surface area contributed by atoms with Gasteiger partial charge >= 0.3 is 5.97 Å². The van der Waals surface area contributed by atoms with E-state index in [4.69, 9.17) is 5.11 Å². The molecule has 5 heteroatoms. The highest BCUT2D eigenvalue weighted by atomic mass is 16.7. The van der Waals surface area contributed by atoms with Crippen molar-refractivity contribution in [3.63, 3.8) is 0 Å². The molecule has 5 nitrogen and oxygen atoms in total. The van der Waals surface area contributed by atoms with Crippen LogP contribution in [0.5, 0.6) is 0 Å². The molecule has 2 N–H and O–H groups in total. The number of carbonyl (C=O) groups is 2. The molecule has 2 unspecified atom stereocenters. The third-order valence-electron chi connectivity index (χ3n) is 2.57. The van der Waals surface area contributed by atoms with Crippen LogP contribution in [0.25, 0.3) is 0 Å². The highest BCUT2D eigenvalue weighted by molar-refractivity contribution is 5.78. The molecule has 0 bridgehead atoms. The summed E-state index contributed by atoms with van der Waals surface area (Å²) in [5.41, 5.74) is 2.17. The molecule has 80 valence electrons. The zero-order valence-corrected chi connectivity index (χ0v) is 8.16. The molecule has 0 spiro atoms. The van der Waals surface area contributed by atoms with E-state index in [1.807, 2.05) is 6.92 Å². The molecule has 1 aliphatic rings. The van der Waals surface area contributed by atoms with E-state index in [1.54, 1.807) is 0 Å². The lowest BCUT2D eigenvalue weighted by Crippen LogP contribution is -2.33. The number of carboxylic acid groups (broad SMARTS) is 1. The van der Waals surface area contributed by atoms with Crippen LogP contribution in [0.15, 0.2) is 0 Å². The Kier molecular flexibility index (Phi) is 3.88. The van der Waals surface area contributed by atoms with Gasteiger partial charge in [-0.05, 0) is 18.8 Å². The predicted octanol–water partition coefficient (Wildman–Crippen LogP) is 0.555. The topological polar surface area (TPSA) is 75.6 Å². The molecule has 0 saturated heterocycles. The van der Waals surface area contributed by atoms with Gasteiger partial charge in [-0.3, -0.25) is 9.63 Å². The average molecular weight is 201 g/mol. The Hall–Kier alpha value is -1.10. The second kappa shape index (κ2) is 4.95. The van der Waals surface area contributed by atoms with Crippen molar-refractivity contribution in [1.29, 1.82) is 0 Å². The molecule has 1 amide bonds. The number of amides is 1. The molecule has 0 aromatic rings. The highest BCUT2D eigenvalue weighted by Crippen LogP contribution is 2.30. The van der Waals surface area contributed by atoms with Crippen LogP contribution in [-0.4, -0.2) is 23.6 Å². The first-order chi connectivity index (χ1) is 6.61. The van der Waals surface area contributed by atoms with Crippen LogP contribution < -0.4 is 5.48 Å². The van der Waals surface area contributed by atoms with Gasteiger partial charge in [0, 0.05) is 5.92 Å². The Morgan fingerprint density at radius 3 is 2.71 bits per heavy atom. The molecular weight excluding hydrogens is 186 g/mol. The van der Waals surface area contributed by atoms with Crippen molar-refractivity contribution in [1.82, 2.24) is 5.48 Å². The molecule has 1 saturated carbocycles. The summed E-state index contributed by atoms with van der Waals surface area (Å²) in [5.74, 6) is -0.951. The number of rotatable bonds is 4. The van der Waals surface area contributed by atoms with E-state index < -0.39 is 12.6 Å². The van der Waals surface area contributed by atoms with Crippen LogP contribution in [0.2, 0.25) is 0 Å². The van der Waals surface area contributed by atoms with Crippen molar-refractivity contribution in [3.8, 4) is 0 Å². The van der Waals surface area contributed by atoms with Gasteiger partial charge in [0.25, 0.3) is 0 Å². The number of nitrogens with one attached hydrogen (secondary N) is 1. The molecular formula is C9H15NO4. The first-order valence-electron chi connectivity index (χ1n) is 4.74. The average Bonchev–Trinajstić information content (AvgIpc) is 2.50. The lowest BCUT2D eigenvalue weighted by atomic mass is 9.98.